The molecule has 1 saturated heterocycles. The van der Waals surface area contributed by atoms with Crippen molar-refractivity contribution in [1.82, 2.24) is 0 Å². The number of ether oxygens (including phenoxy) is 1. The third-order valence-electron chi connectivity index (χ3n) is 3.08. The lowest BCUT2D eigenvalue weighted by Gasteiger charge is -2.22. The molecule has 1 heterocycles. The first kappa shape index (κ1) is 13.2. The number of para-hydroxylation sites is 1. The molecule has 0 radical (unpaired) electrons. The van der Waals surface area contributed by atoms with Gasteiger partial charge in [0, 0.05) is 13.1 Å². The zero-order valence-electron chi connectivity index (χ0n) is 10.6. The lowest BCUT2D eigenvalue weighted by atomic mass is 10.1. The summed E-state index contributed by atoms with van der Waals surface area (Å²) in [6.45, 7) is 2.69. The molecular weight excluding hydrogens is 252 g/mol. The monoisotopic (exact) mass is 270 g/mol. The molecule has 0 spiro atoms. The van der Waals surface area contributed by atoms with Crippen LogP contribution < -0.4 is 14.8 Å². The molecule has 2 N–H and O–H groups in total. The number of anilines is 1. The summed E-state index contributed by atoms with van der Waals surface area (Å²) < 4.78 is 31.0. The van der Waals surface area contributed by atoms with E-state index in [2.05, 4.69) is 0 Å². The van der Waals surface area contributed by atoms with Crippen molar-refractivity contribution in [3.63, 3.8) is 0 Å². The zero-order chi connectivity index (χ0) is 13.3. The van der Waals surface area contributed by atoms with E-state index in [0.29, 0.717) is 18.0 Å². The van der Waals surface area contributed by atoms with Crippen molar-refractivity contribution in [3.8, 4) is 5.75 Å². The summed E-state index contributed by atoms with van der Waals surface area (Å²) in [5.41, 5.74) is 7.06. The maximum atomic E-state index is 12.1. The second-order valence-corrected chi connectivity index (χ2v) is 6.52. The lowest BCUT2D eigenvalue weighted by molar-refractivity contribution is 0.415. The van der Waals surface area contributed by atoms with Crippen LogP contribution in [0, 0.1) is 5.92 Å². The molecule has 1 fully saturated rings. The number of methoxy groups -OCH3 is 1. The van der Waals surface area contributed by atoms with Crippen molar-refractivity contribution in [2.45, 2.75) is 13.5 Å². The van der Waals surface area contributed by atoms with Crippen molar-refractivity contribution in [2.24, 2.45) is 11.7 Å². The Morgan fingerprint density at radius 3 is 2.72 bits per heavy atom. The van der Waals surface area contributed by atoms with Crippen LogP contribution in [0.25, 0.3) is 0 Å². The number of hydrogen-bond donors (Lipinski definition) is 1. The van der Waals surface area contributed by atoms with E-state index in [1.165, 1.54) is 11.4 Å². The van der Waals surface area contributed by atoms with Gasteiger partial charge in [0.2, 0.25) is 10.0 Å². The summed E-state index contributed by atoms with van der Waals surface area (Å²) >= 11 is 0. The Morgan fingerprint density at radius 2 is 2.22 bits per heavy atom. The van der Waals surface area contributed by atoms with E-state index < -0.39 is 10.0 Å². The highest BCUT2D eigenvalue weighted by Gasteiger charge is 2.36. The topological polar surface area (TPSA) is 72.6 Å². The van der Waals surface area contributed by atoms with Gasteiger partial charge < -0.3 is 10.5 Å². The molecule has 1 atom stereocenters. The summed E-state index contributed by atoms with van der Waals surface area (Å²) in [5, 5.41) is 0. The molecule has 2 rings (SSSR count). The van der Waals surface area contributed by atoms with E-state index in [-0.39, 0.29) is 18.2 Å². The molecule has 6 heteroatoms. The molecule has 5 nitrogen and oxygen atoms in total. The van der Waals surface area contributed by atoms with Gasteiger partial charge in [-0.2, -0.15) is 0 Å². The summed E-state index contributed by atoms with van der Waals surface area (Å²) in [5.74, 6) is 0.843. The van der Waals surface area contributed by atoms with Gasteiger partial charge in [0.05, 0.1) is 18.6 Å². The van der Waals surface area contributed by atoms with Gasteiger partial charge in [0.1, 0.15) is 5.75 Å². The Hall–Kier alpha value is -1.27. The van der Waals surface area contributed by atoms with Crippen LogP contribution in [0.2, 0.25) is 0 Å². The van der Waals surface area contributed by atoms with Gasteiger partial charge in [-0.15, -0.1) is 0 Å². The lowest BCUT2D eigenvalue weighted by Crippen LogP contribution is -2.27. The highest BCUT2D eigenvalue weighted by molar-refractivity contribution is 7.93. The molecule has 0 saturated carbocycles. The first-order valence-corrected chi connectivity index (χ1v) is 7.47. The minimum absolute atomic E-state index is 0.116. The maximum Gasteiger partial charge on any atom is 0.235 e. The minimum atomic E-state index is -3.26. The van der Waals surface area contributed by atoms with Crippen LogP contribution >= 0.6 is 0 Å². The normalized spacial score (nSPS) is 22.2. The largest absolute Gasteiger partial charge is 0.495 e. The molecule has 1 aliphatic heterocycles. The van der Waals surface area contributed by atoms with Gasteiger partial charge in [-0.05, 0) is 17.5 Å². The molecule has 1 aromatic carbocycles. The van der Waals surface area contributed by atoms with E-state index in [1.807, 2.05) is 19.1 Å². The van der Waals surface area contributed by atoms with E-state index in [4.69, 9.17) is 10.5 Å². The van der Waals surface area contributed by atoms with Gasteiger partial charge in [0.15, 0.2) is 0 Å². The standard InChI is InChI=1S/C12H18N2O3S/c1-9-7-14(18(15,16)8-9)12-10(6-13)4-3-5-11(12)17-2/h3-5,9H,6-8,13H2,1-2H3. The predicted octanol–water partition coefficient (Wildman–Crippen LogP) is 0.940. The predicted molar refractivity (Wildman–Crippen MR) is 71.2 cm³/mol. The third-order valence-corrected chi connectivity index (χ3v) is 5.07. The number of nitrogens with zero attached hydrogens (tertiary/aromatic N) is 1. The van der Waals surface area contributed by atoms with E-state index in [9.17, 15) is 8.42 Å². The summed E-state index contributed by atoms with van der Waals surface area (Å²) in [6, 6.07) is 5.40. The smallest absolute Gasteiger partial charge is 0.235 e. The first-order chi connectivity index (χ1) is 8.49. The Labute approximate surface area is 108 Å². The van der Waals surface area contributed by atoms with Gasteiger partial charge in [-0.25, -0.2) is 8.42 Å². The molecule has 18 heavy (non-hydrogen) atoms. The van der Waals surface area contributed by atoms with Crippen LogP contribution in [-0.4, -0.2) is 27.8 Å². The van der Waals surface area contributed by atoms with Gasteiger partial charge in [-0.1, -0.05) is 19.1 Å². The van der Waals surface area contributed by atoms with Crippen molar-refractivity contribution in [2.75, 3.05) is 23.7 Å². The van der Waals surface area contributed by atoms with Crippen molar-refractivity contribution >= 4 is 15.7 Å². The van der Waals surface area contributed by atoms with Crippen LogP contribution in [0.15, 0.2) is 18.2 Å². The molecule has 0 amide bonds. The van der Waals surface area contributed by atoms with Crippen LogP contribution in [0.1, 0.15) is 12.5 Å². The Morgan fingerprint density at radius 1 is 1.50 bits per heavy atom. The van der Waals surface area contributed by atoms with Crippen molar-refractivity contribution in [3.05, 3.63) is 23.8 Å². The number of sulfonamides is 1. The fourth-order valence-electron chi connectivity index (χ4n) is 2.31. The molecule has 0 bridgehead atoms. The number of nitrogens with two attached hydrogens (primary N) is 1. The molecule has 1 unspecified atom stereocenters. The highest BCUT2D eigenvalue weighted by Crippen LogP contribution is 2.37. The average molecular weight is 270 g/mol. The summed E-state index contributed by atoms with van der Waals surface area (Å²) in [7, 11) is -1.72. The quantitative estimate of drug-likeness (QED) is 0.887. The molecule has 1 aromatic rings. The second kappa shape index (κ2) is 4.78. The Balaban J connectivity index is 2.57. The zero-order valence-corrected chi connectivity index (χ0v) is 11.4. The number of rotatable bonds is 3. The van der Waals surface area contributed by atoms with Crippen LogP contribution in [0.3, 0.4) is 0 Å². The van der Waals surface area contributed by atoms with Crippen molar-refractivity contribution in [1.29, 1.82) is 0 Å². The Kier molecular flexibility index (Phi) is 3.49. The van der Waals surface area contributed by atoms with Crippen LogP contribution in [0.4, 0.5) is 5.69 Å². The molecule has 100 valence electrons. The average Bonchev–Trinajstić information content (AvgIpc) is 2.61. The summed E-state index contributed by atoms with van der Waals surface area (Å²) in [4.78, 5) is 0. The van der Waals surface area contributed by atoms with Gasteiger partial charge in [-0.3, -0.25) is 4.31 Å². The molecule has 0 aromatic heterocycles. The highest BCUT2D eigenvalue weighted by atomic mass is 32.2. The fraction of sp³-hybridized carbons (Fsp3) is 0.500. The fourth-order valence-corrected chi connectivity index (χ4v) is 4.28. The van der Waals surface area contributed by atoms with Crippen molar-refractivity contribution < 1.29 is 13.2 Å². The SMILES string of the molecule is COc1cccc(CN)c1N1CC(C)CS1(=O)=O. The Bertz CT molecular complexity index is 520. The number of hydrogen-bond acceptors (Lipinski definition) is 4. The van der Waals surface area contributed by atoms with E-state index in [0.717, 1.165) is 5.56 Å². The maximum absolute atomic E-state index is 12.1. The first-order valence-electron chi connectivity index (χ1n) is 5.86. The van der Waals surface area contributed by atoms with Crippen LogP contribution in [-0.2, 0) is 16.6 Å². The minimum Gasteiger partial charge on any atom is -0.495 e. The molecule has 0 aliphatic carbocycles. The molecule has 1 aliphatic rings. The van der Waals surface area contributed by atoms with Crippen LogP contribution in [0.5, 0.6) is 5.75 Å². The summed E-state index contributed by atoms with van der Waals surface area (Å²) in [6.07, 6.45) is 0. The van der Waals surface area contributed by atoms with Gasteiger partial charge >= 0.3 is 0 Å². The van der Waals surface area contributed by atoms with Gasteiger partial charge in [0.25, 0.3) is 0 Å². The molecular formula is C12H18N2O3S. The second-order valence-electron chi connectivity index (χ2n) is 4.59. The third kappa shape index (κ3) is 2.18. The number of benzene rings is 1. The van der Waals surface area contributed by atoms with E-state index in [1.54, 1.807) is 6.07 Å². The van der Waals surface area contributed by atoms with E-state index >= 15 is 0 Å².